The second kappa shape index (κ2) is 11.8. The molecule has 34 heavy (non-hydrogen) atoms. The number of nitrogens with one attached hydrogen (secondary N) is 1. The van der Waals surface area contributed by atoms with Gasteiger partial charge in [-0.25, -0.2) is 12.8 Å². The highest BCUT2D eigenvalue weighted by atomic mass is 32.2. The van der Waals surface area contributed by atoms with E-state index < -0.39 is 34.3 Å². The van der Waals surface area contributed by atoms with E-state index >= 15 is 0 Å². The fourth-order valence-electron chi connectivity index (χ4n) is 3.52. The van der Waals surface area contributed by atoms with Gasteiger partial charge in [0.2, 0.25) is 21.8 Å². The number of carbonyl (C=O) groups is 2. The van der Waals surface area contributed by atoms with Crippen molar-refractivity contribution in [3.63, 3.8) is 0 Å². The first-order valence-corrected chi connectivity index (χ1v) is 12.8. The molecule has 0 bridgehead atoms. The van der Waals surface area contributed by atoms with Gasteiger partial charge in [-0.1, -0.05) is 31.2 Å². The number of sulfonamides is 1. The van der Waals surface area contributed by atoms with Crippen LogP contribution < -0.4 is 14.4 Å². The molecule has 2 amide bonds. The molecular weight excluding hydrogens is 461 g/mol. The summed E-state index contributed by atoms with van der Waals surface area (Å²) in [5.74, 6) is -1.07. The van der Waals surface area contributed by atoms with E-state index in [4.69, 9.17) is 4.74 Å². The number of hydrogen-bond donors (Lipinski definition) is 1. The van der Waals surface area contributed by atoms with E-state index in [1.54, 1.807) is 31.2 Å². The monoisotopic (exact) mass is 493 g/mol. The van der Waals surface area contributed by atoms with Crippen LogP contribution in [-0.4, -0.2) is 57.1 Å². The quantitative estimate of drug-likeness (QED) is 0.519. The van der Waals surface area contributed by atoms with Gasteiger partial charge in [0.25, 0.3) is 0 Å². The van der Waals surface area contributed by atoms with Crippen LogP contribution in [0.1, 0.15) is 32.8 Å². The summed E-state index contributed by atoms with van der Waals surface area (Å²) in [5.41, 5.74) is 0.816. The molecule has 1 N–H and O–H groups in total. The zero-order chi connectivity index (χ0) is 25.5. The second-order valence-corrected chi connectivity index (χ2v) is 10.1. The number of anilines is 1. The zero-order valence-corrected chi connectivity index (χ0v) is 20.9. The Hall–Kier alpha value is -3.14. The standard InChI is InChI=1S/C24H32FN3O5S/c1-6-20(24(30)26-17(2)3)27(15-18-11-13-19(25)14-12-18)23(29)16-28(34(5,31)32)21-9-7-8-10-22(21)33-4/h7-14,17,20H,6,15-16H2,1-5H3,(H,26,30)/t20-/m1/s1. The van der Waals surface area contributed by atoms with Crippen molar-refractivity contribution in [2.75, 3.05) is 24.2 Å². The Bertz CT molecular complexity index is 1090. The van der Waals surface area contributed by atoms with E-state index in [0.29, 0.717) is 12.0 Å². The molecule has 0 radical (unpaired) electrons. The molecule has 0 fully saturated rings. The highest BCUT2D eigenvalue weighted by Gasteiger charge is 2.32. The number of amides is 2. The number of carbonyl (C=O) groups excluding carboxylic acids is 2. The Labute approximate surface area is 200 Å². The Morgan fingerprint density at radius 1 is 1.09 bits per heavy atom. The summed E-state index contributed by atoms with van der Waals surface area (Å²) in [7, 11) is -2.47. The SMILES string of the molecule is CC[C@H](C(=O)NC(C)C)N(Cc1ccc(F)cc1)C(=O)CN(c1ccccc1OC)S(C)(=O)=O. The minimum absolute atomic E-state index is 0.00661. The van der Waals surface area contributed by atoms with Crippen LogP contribution in [0.4, 0.5) is 10.1 Å². The van der Waals surface area contributed by atoms with Crippen molar-refractivity contribution in [1.29, 1.82) is 0 Å². The Balaban J connectivity index is 2.47. The third-order valence-electron chi connectivity index (χ3n) is 5.12. The summed E-state index contributed by atoms with van der Waals surface area (Å²) in [6.45, 7) is 4.86. The van der Waals surface area contributed by atoms with E-state index in [1.165, 1.54) is 36.3 Å². The van der Waals surface area contributed by atoms with Crippen LogP contribution in [0.15, 0.2) is 48.5 Å². The number of nitrogens with zero attached hydrogens (tertiary/aromatic N) is 2. The molecule has 10 heteroatoms. The van der Waals surface area contributed by atoms with E-state index in [1.807, 2.05) is 13.8 Å². The van der Waals surface area contributed by atoms with Gasteiger partial charge in [0, 0.05) is 12.6 Å². The minimum atomic E-state index is -3.87. The molecule has 0 aliphatic heterocycles. The lowest BCUT2D eigenvalue weighted by molar-refractivity contribution is -0.140. The first kappa shape index (κ1) is 27.1. The van der Waals surface area contributed by atoms with Crippen molar-refractivity contribution in [2.45, 2.75) is 45.8 Å². The predicted octanol–water partition coefficient (Wildman–Crippen LogP) is 2.93. The molecule has 0 saturated heterocycles. The molecule has 0 saturated carbocycles. The maximum Gasteiger partial charge on any atom is 0.244 e. The molecule has 0 aliphatic carbocycles. The van der Waals surface area contributed by atoms with Gasteiger partial charge in [-0.2, -0.15) is 0 Å². The summed E-state index contributed by atoms with van der Waals surface area (Å²) in [6, 6.07) is 11.1. The number of rotatable bonds is 11. The molecule has 2 aromatic carbocycles. The van der Waals surface area contributed by atoms with Crippen molar-refractivity contribution in [2.24, 2.45) is 0 Å². The third-order valence-corrected chi connectivity index (χ3v) is 6.24. The van der Waals surface area contributed by atoms with Gasteiger partial charge in [-0.3, -0.25) is 13.9 Å². The van der Waals surface area contributed by atoms with Gasteiger partial charge in [0.15, 0.2) is 0 Å². The Morgan fingerprint density at radius 3 is 2.24 bits per heavy atom. The van der Waals surface area contributed by atoms with Crippen molar-refractivity contribution < 1.29 is 27.1 Å². The predicted molar refractivity (Wildman–Crippen MR) is 129 cm³/mol. The summed E-state index contributed by atoms with van der Waals surface area (Å²) in [5, 5.41) is 2.81. The van der Waals surface area contributed by atoms with Gasteiger partial charge in [-0.15, -0.1) is 0 Å². The lowest BCUT2D eigenvalue weighted by Gasteiger charge is -2.33. The van der Waals surface area contributed by atoms with Crippen LogP contribution in [0.2, 0.25) is 0 Å². The number of para-hydroxylation sites is 2. The van der Waals surface area contributed by atoms with Crippen molar-refractivity contribution in [3.05, 3.63) is 59.9 Å². The van der Waals surface area contributed by atoms with Crippen molar-refractivity contribution in [3.8, 4) is 5.75 Å². The van der Waals surface area contributed by atoms with E-state index in [0.717, 1.165) is 10.6 Å². The molecule has 0 spiro atoms. The Kier molecular flexibility index (Phi) is 9.43. The smallest absolute Gasteiger partial charge is 0.244 e. The molecule has 1 atom stereocenters. The fraction of sp³-hybridized carbons (Fsp3) is 0.417. The van der Waals surface area contributed by atoms with E-state index in [-0.39, 0.29) is 29.9 Å². The average molecular weight is 494 g/mol. The third kappa shape index (κ3) is 7.18. The first-order valence-electron chi connectivity index (χ1n) is 10.9. The van der Waals surface area contributed by atoms with Gasteiger partial charge < -0.3 is 15.0 Å². The van der Waals surface area contributed by atoms with Crippen LogP contribution in [0.5, 0.6) is 5.75 Å². The topological polar surface area (TPSA) is 96.0 Å². The number of hydrogen-bond acceptors (Lipinski definition) is 5. The Morgan fingerprint density at radius 2 is 1.71 bits per heavy atom. The highest BCUT2D eigenvalue weighted by Crippen LogP contribution is 2.29. The lowest BCUT2D eigenvalue weighted by atomic mass is 10.1. The maximum atomic E-state index is 13.6. The van der Waals surface area contributed by atoms with Crippen LogP contribution in [0.3, 0.4) is 0 Å². The molecule has 0 heterocycles. The van der Waals surface area contributed by atoms with Crippen LogP contribution in [-0.2, 0) is 26.2 Å². The molecular formula is C24H32FN3O5S. The molecule has 2 aromatic rings. The van der Waals surface area contributed by atoms with Gasteiger partial charge in [0.05, 0.1) is 19.1 Å². The highest BCUT2D eigenvalue weighted by molar-refractivity contribution is 7.92. The molecule has 2 rings (SSSR count). The number of ether oxygens (including phenoxy) is 1. The summed E-state index contributed by atoms with van der Waals surface area (Å²) in [4.78, 5) is 27.8. The van der Waals surface area contributed by atoms with Gasteiger partial charge in [-0.05, 0) is 50.1 Å². The van der Waals surface area contributed by atoms with Crippen LogP contribution >= 0.6 is 0 Å². The first-order chi connectivity index (χ1) is 16.0. The zero-order valence-electron chi connectivity index (χ0n) is 20.1. The largest absolute Gasteiger partial charge is 0.495 e. The molecule has 0 aliphatic rings. The second-order valence-electron chi connectivity index (χ2n) is 8.18. The molecule has 186 valence electrons. The molecule has 0 aromatic heterocycles. The molecule has 8 nitrogen and oxygen atoms in total. The number of methoxy groups -OCH3 is 1. The normalized spacial score (nSPS) is 12.2. The lowest BCUT2D eigenvalue weighted by Crippen LogP contribution is -2.53. The molecule has 0 unspecified atom stereocenters. The minimum Gasteiger partial charge on any atom is -0.495 e. The van der Waals surface area contributed by atoms with Crippen LogP contribution in [0.25, 0.3) is 0 Å². The van der Waals surface area contributed by atoms with Gasteiger partial charge in [0.1, 0.15) is 24.2 Å². The summed E-state index contributed by atoms with van der Waals surface area (Å²) >= 11 is 0. The number of benzene rings is 2. The average Bonchev–Trinajstić information content (AvgIpc) is 2.77. The maximum absolute atomic E-state index is 13.6. The fourth-order valence-corrected chi connectivity index (χ4v) is 4.37. The van der Waals surface area contributed by atoms with Crippen molar-refractivity contribution in [1.82, 2.24) is 10.2 Å². The van der Waals surface area contributed by atoms with Gasteiger partial charge >= 0.3 is 0 Å². The van der Waals surface area contributed by atoms with Crippen molar-refractivity contribution >= 4 is 27.5 Å². The van der Waals surface area contributed by atoms with Crippen LogP contribution in [0, 0.1) is 5.82 Å². The van der Waals surface area contributed by atoms with E-state index in [9.17, 15) is 22.4 Å². The summed E-state index contributed by atoms with van der Waals surface area (Å²) in [6.07, 6.45) is 1.30. The number of halogens is 1. The summed E-state index contributed by atoms with van der Waals surface area (Å²) < 4.78 is 45.0. The van der Waals surface area contributed by atoms with E-state index in [2.05, 4.69) is 5.32 Å².